The highest BCUT2D eigenvalue weighted by atomic mass is 16.5. The van der Waals surface area contributed by atoms with Crippen LogP contribution in [0.1, 0.15) is 29.9 Å². The topological polar surface area (TPSA) is 60.6 Å². The Morgan fingerprint density at radius 3 is 2.81 bits per heavy atom. The molecule has 1 atom stereocenters. The van der Waals surface area contributed by atoms with Gasteiger partial charge in [0.2, 0.25) is 0 Å². The molecule has 0 amide bonds. The number of aryl methyl sites for hydroxylation is 1. The van der Waals surface area contributed by atoms with Crippen LogP contribution in [0.25, 0.3) is 10.9 Å². The maximum absolute atomic E-state index is 11.9. The summed E-state index contributed by atoms with van der Waals surface area (Å²) in [5.41, 5.74) is 2.26. The fraction of sp³-hybridized carbons (Fsp3) is 0.438. The molecule has 21 heavy (non-hydrogen) atoms. The van der Waals surface area contributed by atoms with Crippen LogP contribution in [0.15, 0.2) is 18.2 Å². The molecule has 1 aromatic carbocycles. The molecule has 0 bridgehead atoms. The van der Waals surface area contributed by atoms with E-state index in [9.17, 15) is 4.79 Å². The summed E-state index contributed by atoms with van der Waals surface area (Å²) in [4.78, 5) is 15.0. The van der Waals surface area contributed by atoms with Crippen LogP contribution < -0.4 is 4.74 Å². The number of methoxy groups -OCH3 is 1. The summed E-state index contributed by atoms with van der Waals surface area (Å²) in [5, 5.41) is 0.959. The van der Waals surface area contributed by atoms with E-state index < -0.39 is 0 Å². The van der Waals surface area contributed by atoms with Crippen LogP contribution >= 0.6 is 0 Å². The van der Waals surface area contributed by atoms with Crippen molar-refractivity contribution in [1.82, 2.24) is 4.98 Å². The van der Waals surface area contributed by atoms with E-state index in [1.165, 1.54) is 0 Å². The van der Waals surface area contributed by atoms with Crippen molar-refractivity contribution in [3.63, 3.8) is 0 Å². The predicted octanol–water partition coefficient (Wildman–Crippen LogP) is 3.07. The Hall–Kier alpha value is -2.01. The van der Waals surface area contributed by atoms with Crippen molar-refractivity contribution in [2.24, 2.45) is 0 Å². The first-order chi connectivity index (χ1) is 10.1. The fourth-order valence-electron chi connectivity index (χ4n) is 2.08. The number of carbonyl (C=O) groups is 1. The van der Waals surface area contributed by atoms with Gasteiger partial charge in [-0.15, -0.1) is 0 Å². The summed E-state index contributed by atoms with van der Waals surface area (Å²) >= 11 is 0. The molecule has 0 radical (unpaired) electrons. The van der Waals surface area contributed by atoms with Gasteiger partial charge in [0.15, 0.2) is 0 Å². The number of hydrogen-bond donors (Lipinski definition) is 1. The van der Waals surface area contributed by atoms with E-state index in [0.717, 1.165) is 22.2 Å². The molecule has 2 aromatic rings. The summed E-state index contributed by atoms with van der Waals surface area (Å²) in [7, 11) is 1.65. The van der Waals surface area contributed by atoms with Crippen LogP contribution in [0.5, 0.6) is 5.75 Å². The molecule has 0 aliphatic carbocycles. The quantitative estimate of drug-likeness (QED) is 0.831. The zero-order valence-electron chi connectivity index (χ0n) is 12.9. The molecule has 0 saturated carbocycles. The smallest absolute Gasteiger partial charge is 0.355 e. The number of esters is 1. The van der Waals surface area contributed by atoms with E-state index in [-0.39, 0.29) is 12.1 Å². The Labute approximate surface area is 124 Å². The normalized spacial score (nSPS) is 12.4. The molecule has 0 saturated heterocycles. The Morgan fingerprint density at radius 1 is 1.38 bits per heavy atom. The zero-order chi connectivity index (χ0) is 15.4. The average molecular weight is 291 g/mol. The molecule has 0 spiro atoms. The highest BCUT2D eigenvalue weighted by molar-refractivity contribution is 5.98. The van der Waals surface area contributed by atoms with Crippen molar-refractivity contribution in [1.29, 1.82) is 0 Å². The first-order valence-electron chi connectivity index (χ1n) is 7.01. The molecular formula is C16H21NO4. The lowest BCUT2D eigenvalue weighted by molar-refractivity contribution is 0.0519. The number of ether oxygens (including phenoxy) is 3. The molecule has 0 aliphatic heterocycles. The van der Waals surface area contributed by atoms with E-state index in [1.807, 2.05) is 32.0 Å². The summed E-state index contributed by atoms with van der Waals surface area (Å²) in [6.45, 7) is 6.47. The minimum Gasteiger partial charge on any atom is -0.491 e. The van der Waals surface area contributed by atoms with Crippen LogP contribution in [-0.4, -0.2) is 37.4 Å². The van der Waals surface area contributed by atoms with E-state index in [4.69, 9.17) is 14.2 Å². The SMILES string of the molecule is CCOC(=O)c1[nH]c2ccc(OCC(C)OC)cc2c1C. The van der Waals surface area contributed by atoms with Crippen LogP contribution in [0, 0.1) is 6.92 Å². The Balaban J connectivity index is 2.26. The first kappa shape index (κ1) is 15.4. The van der Waals surface area contributed by atoms with Gasteiger partial charge in [0.05, 0.1) is 12.7 Å². The average Bonchev–Trinajstić information content (AvgIpc) is 2.82. The molecule has 1 unspecified atom stereocenters. The summed E-state index contributed by atoms with van der Waals surface area (Å²) in [6.07, 6.45) is 0.0307. The Kier molecular flexibility index (Phi) is 4.85. The number of rotatable bonds is 6. The number of aromatic amines is 1. The standard InChI is InChI=1S/C16H21NO4/c1-5-20-16(18)15-11(3)13-8-12(6-7-14(13)17-15)21-9-10(2)19-4/h6-8,10,17H,5,9H2,1-4H3. The zero-order valence-corrected chi connectivity index (χ0v) is 12.9. The fourth-order valence-corrected chi connectivity index (χ4v) is 2.08. The van der Waals surface area contributed by atoms with Crippen LogP contribution in [0.2, 0.25) is 0 Å². The lowest BCUT2D eigenvalue weighted by atomic mass is 10.1. The third-order valence-corrected chi connectivity index (χ3v) is 3.40. The second kappa shape index (κ2) is 6.63. The second-order valence-corrected chi connectivity index (χ2v) is 4.91. The molecular weight excluding hydrogens is 270 g/mol. The molecule has 5 nitrogen and oxygen atoms in total. The molecule has 114 valence electrons. The van der Waals surface area contributed by atoms with Crippen LogP contribution in [0.3, 0.4) is 0 Å². The maximum atomic E-state index is 11.9. The molecule has 0 aliphatic rings. The van der Waals surface area contributed by atoms with Crippen molar-refractivity contribution in [3.8, 4) is 5.75 Å². The molecule has 2 rings (SSSR count). The highest BCUT2D eigenvalue weighted by Gasteiger charge is 2.16. The highest BCUT2D eigenvalue weighted by Crippen LogP contribution is 2.26. The number of carbonyl (C=O) groups excluding carboxylic acids is 1. The molecule has 1 heterocycles. The molecule has 5 heteroatoms. The molecule has 1 aromatic heterocycles. The number of benzene rings is 1. The van der Waals surface area contributed by atoms with Crippen molar-refractivity contribution in [2.45, 2.75) is 26.9 Å². The third-order valence-electron chi connectivity index (χ3n) is 3.40. The van der Waals surface area contributed by atoms with Gasteiger partial charge >= 0.3 is 5.97 Å². The van der Waals surface area contributed by atoms with Gasteiger partial charge in [0, 0.05) is 18.0 Å². The van der Waals surface area contributed by atoms with E-state index in [2.05, 4.69) is 4.98 Å². The van der Waals surface area contributed by atoms with Crippen molar-refractivity contribution < 1.29 is 19.0 Å². The van der Waals surface area contributed by atoms with Gasteiger partial charge in [-0.1, -0.05) is 0 Å². The van der Waals surface area contributed by atoms with Gasteiger partial charge in [-0.3, -0.25) is 0 Å². The monoisotopic (exact) mass is 291 g/mol. The Morgan fingerprint density at radius 2 is 2.14 bits per heavy atom. The minimum atomic E-state index is -0.332. The number of H-pyrrole nitrogens is 1. The van der Waals surface area contributed by atoms with Crippen molar-refractivity contribution in [3.05, 3.63) is 29.5 Å². The van der Waals surface area contributed by atoms with Gasteiger partial charge in [-0.25, -0.2) is 4.79 Å². The van der Waals surface area contributed by atoms with E-state index in [1.54, 1.807) is 14.0 Å². The number of aromatic nitrogens is 1. The lowest BCUT2D eigenvalue weighted by Crippen LogP contribution is -2.15. The lowest BCUT2D eigenvalue weighted by Gasteiger charge is -2.11. The third kappa shape index (κ3) is 3.36. The second-order valence-electron chi connectivity index (χ2n) is 4.91. The van der Waals surface area contributed by atoms with E-state index >= 15 is 0 Å². The van der Waals surface area contributed by atoms with Crippen LogP contribution in [0.4, 0.5) is 0 Å². The van der Waals surface area contributed by atoms with Gasteiger partial charge in [-0.2, -0.15) is 0 Å². The molecule has 0 fully saturated rings. The van der Waals surface area contributed by atoms with E-state index in [0.29, 0.717) is 18.9 Å². The van der Waals surface area contributed by atoms with Crippen LogP contribution in [-0.2, 0) is 9.47 Å². The van der Waals surface area contributed by atoms with Crippen molar-refractivity contribution >= 4 is 16.9 Å². The van der Waals surface area contributed by atoms with Gasteiger partial charge in [-0.05, 0) is 44.5 Å². The van der Waals surface area contributed by atoms with Gasteiger partial charge in [0.25, 0.3) is 0 Å². The number of nitrogens with one attached hydrogen (secondary N) is 1. The summed E-state index contributed by atoms with van der Waals surface area (Å²) in [5.74, 6) is 0.422. The number of hydrogen-bond acceptors (Lipinski definition) is 4. The maximum Gasteiger partial charge on any atom is 0.355 e. The summed E-state index contributed by atoms with van der Waals surface area (Å²) < 4.78 is 15.9. The Bertz CT molecular complexity index is 632. The largest absolute Gasteiger partial charge is 0.491 e. The predicted molar refractivity (Wildman–Crippen MR) is 81.0 cm³/mol. The summed E-state index contributed by atoms with van der Waals surface area (Å²) in [6, 6.07) is 5.69. The minimum absolute atomic E-state index is 0.0307. The van der Waals surface area contributed by atoms with Gasteiger partial charge < -0.3 is 19.2 Å². The van der Waals surface area contributed by atoms with Crippen molar-refractivity contribution in [2.75, 3.05) is 20.3 Å². The first-order valence-corrected chi connectivity index (χ1v) is 7.01. The molecule has 1 N–H and O–H groups in total. The van der Waals surface area contributed by atoms with Gasteiger partial charge in [0.1, 0.15) is 18.1 Å². The number of fused-ring (bicyclic) bond motifs is 1.